The smallest absolute Gasteiger partial charge is 0.251 e. The molecule has 1 fully saturated rings. The lowest BCUT2D eigenvalue weighted by atomic mass is 9.83. The molecule has 1 aliphatic heterocycles. The summed E-state index contributed by atoms with van der Waals surface area (Å²) in [6.45, 7) is 1.06. The van der Waals surface area contributed by atoms with Gasteiger partial charge in [-0.3, -0.25) is 4.99 Å². The van der Waals surface area contributed by atoms with Crippen LogP contribution in [0.25, 0.3) is 0 Å². The van der Waals surface area contributed by atoms with Crippen LogP contribution in [-0.4, -0.2) is 23.7 Å². The Balaban J connectivity index is 2.64. The first-order chi connectivity index (χ1) is 10.5. The van der Waals surface area contributed by atoms with E-state index in [4.69, 9.17) is 5.26 Å². The van der Waals surface area contributed by atoms with Gasteiger partial charge in [-0.1, -0.05) is 19.3 Å². The average Bonchev–Trinajstić information content (AvgIpc) is 2.44. The molecule has 128 valence electrons. The first-order valence-corrected chi connectivity index (χ1v) is 7.21. The average molecular weight is 340 g/mol. The second kappa shape index (κ2) is 5.73. The molecule has 2 N–H and O–H groups in total. The fourth-order valence-electron chi connectivity index (χ4n) is 3.19. The molecule has 0 aromatic carbocycles. The maximum Gasteiger partial charge on any atom is 0.446 e. The van der Waals surface area contributed by atoms with Gasteiger partial charge in [0.15, 0.2) is 0 Å². The van der Waals surface area contributed by atoms with Crippen LogP contribution in [0.2, 0.25) is 0 Å². The standard InChI is InChI=1S/C14H15F6N3/c1-8-10(7-21)12(13(15,16)17,14(18,19)20)23-11(22-8)9-5-3-2-4-6-9/h9H,2-6H2,1H3,(H,22,23)/p+1. The summed E-state index contributed by atoms with van der Waals surface area (Å²) >= 11 is 0. The molecule has 1 aliphatic carbocycles. The zero-order valence-electron chi connectivity index (χ0n) is 12.3. The van der Waals surface area contributed by atoms with Gasteiger partial charge in [-0.25, -0.2) is 5.32 Å². The van der Waals surface area contributed by atoms with Crippen LogP contribution in [0.1, 0.15) is 39.0 Å². The van der Waals surface area contributed by atoms with E-state index >= 15 is 0 Å². The number of alkyl halides is 6. The Morgan fingerprint density at radius 3 is 2.04 bits per heavy atom. The molecule has 0 spiro atoms. The highest BCUT2D eigenvalue weighted by atomic mass is 19.4. The summed E-state index contributed by atoms with van der Waals surface area (Å²) in [5, 5.41) is 11.5. The SMILES string of the molecule is CC1=C(C#N)C(C(F)(F)F)(C(F)(F)F)[NH+]=C(C2CCCCC2)N1. The summed E-state index contributed by atoms with van der Waals surface area (Å²) in [4.78, 5) is 1.62. The molecular weight excluding hydrogens is 324 g/mol. The minimum atomic E-state index is -5.69. The first kappa shape index (κ1) is 17.6. The quantitative estimate of drug-likeness (QED) is 0.720. The van der Waals surface area contributed by atoms with Crippen LogP contribution in [0.4, 0.5) is 26.3 Å². The van der Waals surface area contributed by atoms with E-state index in [0.29, 0.717) is 12.8 Å². The maximum atomic E-state index is 13.4. The molecule has 0 saturated heterocycles. The molecule has 1 heterocycles. The van der Waals surface area contributed by atoms with Gasteiger partial charge in [0.05, 0.1) is 5.92 Å². The van der Waals surface area contributed by atoms with Crippen LogP contribution in [-0.2, 0) is 0 Å². The third-order valence-electron chi connectivity index (χ3n) is 4.37. The van der Waals surface area contributed by atoms with Crippen LogP contribution in [0, 0.1) is 17.2 Å². The summed E-state index contributed by atoms with van der Waals surface area (Å²) < 4.78 is 80.6. The molecule has 0 unspecified atom stereocenters. The van der Waals surface area contributed by atoms with Crippen molar-refractivity contribution in [2.75, 3.05) is 0 Å². The van der Waals surface area contributed by atoms with Crippen LogP contribution < -0.4 is 10.3 Å². The van der Waals surface area contributed by atoms with E-state index in [1.165, 1.54) is 0 Å². The topological polar surface area (TPSA) is 49.8 Å². The molecule has 2 rings (SSSR count). The van der Waals surface area contributed by atoms with Gasteiger partial charge in [0.25, 0.3) is 5.84 Å². The van der Waals surface area contributed by atoms with E-state index in [9.17, 15) is 26.3 Å². The summed E-state index contributed by atoms with van der Waals surface area (Å²) in [5.41, 5.74) is -6.17. The minimum Gasteiger partial charge on any atom is -0.251 e. The number of amidine groups is 1. The van der Waals surface area contributed by atoms with E-state index in [-0.39, 0.29) is 5.84 Å². The predicted octanol–water partition coefficient (Wildman–Crippen LogP) is 2.31. The fraction of sp³-hybridized carbons (Fsp3) is 0.714. The molecule has 0 atom stereocenters. The second-order valence-electron chi connectivity index (χ2n) is 5.86. The molecule has 0 bridgehead atoms. The van der Waals surface area contributed by atoms with Crippen molar-refractivity contribution in [2.24, 2.45) is 5.92 Å². The van der Waals surface area contributed by atoms with Crippen molar-refractivity contribution >= 4 is 5.84 Å². The number of rotatable bonds is 1. The minimum absolute atomic E-state index is 0.198. The molecular formula is C14H16F6N3+. The summed E-state index contributed by atoms with van der Waals surface area (Å²) in [6, 6.07) is 1.08. The number of allylic oxidation sites excluding steroid dienone is 1. The number of nitrogens with zero attached hydrogens (tertiary/aromatic N) is 1. The number of halogens is 6. The third kappa shape index (κ3) is 2.79. The number of hydrogen-bond donors (Lipinski definition) is 2. The van der Waals surface area contributed by atoms with Gasteiger partial charge in [0, 0.05) is 0 Å². The van der Waals surface area contributed by atoms with Gasteiger partial charge in [0.2, 0.25) is 0 Å². The number of hydrogen-bond acceptors (Lipinski definition) is 2. The van der Waals surface area contributed by atoms with Gasteiger partial charge >= 0.3 is 17.9 Å². The van der Waals surface area contributed by atoms with E-state index in [1.54, 1.807) is 4.99 Å². The van der Waals surface area contributed by atoms with Crippen molar-refractivity contribution in [3.63, 3.8) is 0 Å². The molecule has 0 aromatic rings. The van der Waals surface area contributed by atoms with Crippen molar-refractivity contribution in [3.05, 3.63) is 11.3 Å². The number of nitrogens with one attached hydrogen (secondary N) is 2. The lowest BCUT2D eigenvalue weighted by Crippen LogP contribution is -3.00. The molecule has 0 radical (unpaired) electrons. The highest BCUT2D eigenvalue weighted by molar-refractivity contribution is 5.82. The Morgan fingerprint density at radius 1 is 1.09 bits per heavy atom. The summed E-state index contributed by atoms with van der Waals surface area (Å²) in [5.74, 6) is -0.626. The van der Waals surface area contributed by atoms with Gasteiger partial charge in [0.1, 0.15) is 17.3 Å². The van der Waals surface area contributed by atoms with Crippen LogP contribution >= 0.6 is 0 Å². The predicted molar refractivity (Wildman–Crippen MR) is 68.8 cm³/mol. The Morgan fingerprint density at radius 2 is 1.61 bits per heavy atom. The van der Waals surface area contributed by atoms with Gasteiger partial charge in [-0.15, -0.1) is 0 Å². The van der Waals surface area contributed by atoms with Gasteiger partial charge in [-0.2, -0.15) is 31.6 Å². The largest absolute Gasteiger partial charge is 0.446 e. The van der Waals surface area contributed by atoms with Crippen molar-refractivity contribution < 1.29 is 31.3 Å². The Hall–Kier alpha value is -1.72. The fourth-order valence-corrected chi connectivity index (χ4v) is 3.19. The van der Waals surface area contributed by atoms with E-state index in [1.807, 2.05) is 0 Å². The molecule has 0 aromatic heterocycles. The molecule has 3 nitrogen and oxygen atoms in total. The summed E-state index contributed by atoms with van der Waals surface area (Å²) in [6.07, 6.45) is -7.97. The van der Waals surface area contributed by atoms with Gasteiger partial charge in [-0.05, 0) is 19.8 Å². The van der Waals surface area contributed by atoms with E-state index < -0.39 is 35.1 Å². The first-order valence-electron chi connectivity index (χ1n) is 7.21. The van der Waals surface area contributed by atoms with Crippen LogP contribution in [0.5, 0.6) is 0 Å². The normalized spacial score (nSPS) is 23.1. The van der Waals surface area contributed by atoms with Crippen molar-refractivity contribution in [3.8, 4) is 6.07 Å². The van der Waals surface area contributed by atoms with E-state index in [2.05, 4.69) is 5.32 Å². The maximum absolute atomic E-state index is 13.4. The van der Waals surface area contributed by atoms with Crippen molar-refractivity contribution in [2.45, 2.75) is 56.9 Å². The molecule has 1 saturated carbocycles. The Labute approximate surface area is 129 Å². The van der Waals surface area contributed by atoms with Crippen LogP contribution in [0.3, 0.4) is 0 Å². The molecule has 9 heteroatoms. The molecule has 0 amide bonds. The number of nitriles is 1. The van der Waals surface area contributed by atoms with Crippen molar-refractivity contribution in [1.29, 1.82) is 5.26 Å². The second-order valence-corrected chi connectivity index (χ2v) is 5.86. The van der Waals surface area contributed by atoms with Crippen LogP contribution in [0.15, 0.2) is 11.3 Å². The Bertz CT molecular complexity index is 559. The Kier molecular flexibility index (Phi) is 4.39. The molecule has 2 aliphatic rings. The van der Waals surface area contributed by atoms with Crippen molar-refractivity contribution in [1.82, 2.24) is 5.32 Å². The highest BCUT2D eigenvalue weighted by Crippen LogP contribution is 2.45. The van der Waals surface area contributed by atoms with E-state index in [0.717, 1.165) is 32.3 Å². The summed E-state index contributed by atoms with van der Waals surface area (Å²) in [7, 11) is 0. The van der Waals surface area contributed by atoms with Gasteiger partial charge < -0.3 is 0 Å². The zero-order valence-corrected chi connectivity index (χ0v) is 12.3. The lowest BCUT2D eigenvalue weighted by Gasteiger charge is -2.35. The molecule has 23 heavy (non-hydrogen) atoms. The monoisotopic (exact) mass is 340 g/mol. The zero-order chi connectivity index (χ0) is 17.5. The third-order valence-corrected chi connectivity index (χ3v) is 4.37. The lowest BCUT2D eigenvalue weighted by molar-refractivity contribution is -0.636. The highest BCUT2D eigenvalue weighted by Gasteiger charge is 2.78.